The summed E-state index contributed by atoms with van der Waals surface area (Å²) in [5.41, 5.74) is 1.09. The van der Waals surface area contributed by atoms with Crippen LogP contribution in [0.5, 0.6) is 0 Å². The predicted molar refractivity (Wildman–Crippen MR) is 102 cm³/mol. The van der Waals surface area contributed by atoms with Gasteiger partial charge in [-0.25, -0.2) is 4.79 Å². The highest BCUT2D eigenvalue weighted by Crippen LogP contribution is 2.58. The van der Waals surface area contributed by atoms with Crippen LogP contribution in [0.4, 0.5) is 4.79 Å². The zero-order valence-corrected chi connectivity index (χ0v) is 15.4. The fraction of sp³-hybridized carbons (Fsp3) is 0.400. The van der Waals surface area contributed by atoms with Crippen LogP contribution in [0.2, 0.25) is 0 Å². The van der Waals surface area contributed by atoms with Gasteiger partial charge in [0.2, 0.25) is 5.91 Å². The van der Waals surface area contributed by atoms with Gasteiger partial charge in [-0.2, -0.15) is 0 Å². The molecule has 1 aliphatic carbocycles. The van der Waals surface area contributed by atoms with E-state index in [2.05, 4.69) is 10.6 Å². The second-order valence-electron chi connectivity index (χ2n) is 7.23. The van der Waals surface area contributed by atoms with E-state index in [1.54, 1.807) is 11.3 Å². The van der Waals surface area contributed by atoms with E-state index in [0.29, 0.717) is 19.6 Å². The molecule has 1 spiro atoms. The highest BCUT2D eigenvalue weighted by Gasteiger charge is 2.61. The van der Waals surface area contributed by atoms with Gasteiger partial charge < -0.3 is 15.5 Å². The van der Waals surface area contributed by atoms with E-state index in [1.165, 1.54) is 4.88 Å². The number of nitrogens with zero attached hydrogens (tertiary/aromatic N) is 1. The van der Waals surface area contributed by atoms with Crippen molar-refractivity contribution < 1.29 is 9.59 Å². The first-order chi connectivity index (χ1) is 12.7. The number of carbonyl (C=O) groups excluding carboxylic acids is 2. The lowest BCUT2D eigenvalue weighted by Gasteiger charge is -2.17. The standard InChI is InChI=1S/C20H23N3O2S/c24-18(21-13-16-7-4-10-26-16)17-11-20(17)8-9-23(14-20)19(25)22-12-15-5-2-1-3-6-15/h1-7,10,17H,8-9,11-14H2,(H,21,24)(H,22,25). The van der Waals surface area contributed by atoms with Crippen LogP contribution in [0.1, 0.15) is 23.3 Å². The molecule has 2 N–H and O–H groups in total. The van der Waals surface area contributed by atoms with Gasteiger partial charge >= 0.3 is 6.03 Å². The molecule has 2 heterocycles. The van der Waals surface area contributed by atoms with Crippen LogP contribution in [0.25, 0.3) is 0 Å². The van der Waals surface area contributed by atoms with Crippen molar-refractivity contribution in [2.75, 3.05) is 13.1 Å². The maximum atomic E-state index is 12.4. The second-order valence-corrected chi connectivity index (χ2v) is 8.26. The van der Waals surface area contributed by atoms with E-state index in [1.807, 2.05) is 52.7 Å². The number of carbonyl (C=O) groups is 2. The highest BCUT2D eigenvalue weighted by atomic mass is 32.1. The molecule has 4 rings (SSSR count). The second kappa shape index (κ2) is 7.11. The quantitative estimate of drug-likeness (QED) is 0.851. The van der Waals surface area contributed by atoms with Crippen molar-refractivity contribution in [1.82, 2.24) is 15.5 Å². The summed E-state index contributed by atoms with van der Waals surface area (Å²) in [6.07, 6.45) is 1.81. The van der Waals surface area contributed by atoms with E-state index in [9.17, 15) is 9.59 Å². The summed E-state index contributed by atoms with van der Waals surface area (Å²) < 4.78 is 0. The summed E-state index contributed by atoms with van der Waals surface area (Å²) in [4.78, 5) is 27.9. The molecule has 2 aliphatic rings. The van der Waals surface area contributed by atoms with Crippen LogP contribution in [-0.2, 0) is 17.9 Å². The molecule has 26 heavy (non-hydrogen) atoms. The molecule has 2 atom stereocenters. The number of nitrogens with one attached hydrogen (secondary N) is 2. The molecule has 0 bridgehead atoms. The molecular weight excluding hydrogens is 346 g/mol. The number of likely N-dealkylation sites (tertiary alicyclic amines) is 1. The Morgan fingerprint density at radius 2 is 1.96 bits per heavy atom. The third-order valence-corrected chi connectivity index (χ3v) is 6.36. The number of hydrogen-bond donors (Lipinski definition) is 2. The van der Waals surface area contributed by atoms with Gasteiger partial charge in [0.05, 0.1) is 6.54 Å². The van der Waals surface area contributed by atoms with E-state index in [0.717, 1.165) is 24.9 Å². The summed E-state index contributed by atoms with van der Waals surface area (Å²) in [6.45, 7) is 2.55. The van der Waals surface area contributed by atoms with Gasteiger partial charge in [-0.3, -0.25) is 4.79 Å². The Labute approximate surface area is 157 Å². The van der Waals surface area contributed by atoms with E-state index in [4.69, 9.17) is 0 Å². The minimum absolute atomic E-state index is 0.00359. The third-order valence-electron chi connectivity index (χ3n) is 5.48. The van der Waals surface area contributed by atoms with E-state index >= 15 is 0 Å². The lowest BCUT2D eigenvalue weighted by Crippen LogP contribution is -2.38. The third kappa shape index (κ3) is 3.60. The van der Waals surface area contributed by atoms with Crippen molar-refractivity contribution in [2.45, 2.75) is 25.9 Å². The normalized spacial score (nSPS) is 23.8. The molecule has 0 radical (unpaired) electrons. The largest absolute Gasteiger partial charge is 0.351 e. The minimum Gasteiger partial charge on any atom is -0.351 e. The number of rotatable bonds is 5. The topological polar surface area (TPSA) is 61.4 Å². The zero-order valence-electron chi connectivity index (χ0n) is 14.6. The Morgan fingerprint density at radius 3 is 2.73 bits per heavy atom. The van der Waals surface area contributed by atoms with E-state index < -0.39 is 0 Å². The monoisotopic (exact) mass is 369 g/mol. The smallest absolute Gasteiger partial charge is 0.317 e. The SMILES string of the molecule is O=C(NCc1cccs1)C1CC12CCN(C(=O)NCc1ccccc1)C2. The van der Waals surface area contributed by atoms with Gasteiger partial charge in [0.1, 0.15) is 0 Å². The Hall–Kier alpha value is -2.34. The summed E-state index contributed by atoms with van der Waals surface area (Å²) in [5, 5.41) is 8.04. The summed E-state index contributed by atoms with van der Waals surface area (Å²) in [6, 6.07) is 13.9. The zero-order chi connectivity index (χ0) is 18.0. The summed E-state index contributed by atoms with van der Waals surface area (Å²) >= 11 is 1.65. The molecule has 3 amide bonds. The van der Waals surface area contributed by atoms with Gasteiger partial charge in [0, 0.05) is 35.8 Å². The van der Waals surface area contributed by atoms with Gasteiger partial charge in [0.15, 0.2) is 0 Å². The number of hydrogen-bond acceptors (Lipinski definition) is 3. The van der Waals surface area contributed by atoms with Crippen molar-refractivity contribution in [3.05, 3.63) is 58.3 Å². The van der Waals surface area contributed by atoms with Crippen LogP contribution >= 0.6 is 11.3 Å². The summed E-state index contributed by atoms with van der Waals surface area (Å²) in [7, 11) is 0. The molecule has 1 aromatic heterocycles. The molecule has 1 aromatic carbocycles. The molecule has 1 aliphatic heterocycles. The van der Waals surface area contributed by atoms with E-state index in [-0.39, 0.29) is 23.3 Å². The molecule has 2 fully saturated rings. The Kier molecular flexibility index (Phi) is 4.68. The first-order valence-electron chi connectivity index (χ1n) is 9.03. The summed E-state index contributed by atoms with van der Waals surface area (Å²) in [5.74, 6) is 0.180. The fourth-order valence-electron chi connectivity index (χ4n) is 3.83. The number of amides is 3. The minimum atomic E-state index is -0.0321. The lowest BCUT2D eigenvalue weighted by molar-refractivity contribution is -0.123. The van der Waals surface area contributed by atoms with Crippen molar-refractivity contribution in [3.8, 4) is 0 Å². The maximum absolute atomic E-state index is 12.4. The van der Waals surface area contributed by atoms with Crippen molar-refractivity contribution in [2.24, 2.45) is 11.3 Å². The van der Waals surface area contributed by atoms with Gasteiger partial charge in [-0.05, 0) is 29.9 Å². The maximum Gasteiger partial charge on any atom is 0.317 e. The van der Waals surface area contributed by atoms with Crippen molar-refractivity contribution in [1.29, 1.82) is 0 Å². The molecule has 1 saturated carbocycles. The Morgan fingerprint density at radius 1 is 1.12 bits per heavy atom. The Balaban J connectivity index is 1.24. The molecule has 136 valence electrons. The Bertz CT molecular complexity index is 778. The molecule has 5 nitrogen and oxygen atoms in total. The molecular formula is C20H23N3O2S. The molecule has 2 aromatic rings. The average Bonchev–Trinajstić information content (AvgIpc) is 3.02. The van der Waals surface area contributed by atoms with Crippen LogP contribution in [-0.4, -0.2) is 29.9 Å². The lowest BCUT2D eigenvalue weighted by atomic mass is 10.0. The fourth-order valence-corrected chi connectivity index (χ4v) is 4.48. The highest BCUT2D eigenvalue weighted by molar-refractivity contribution is 7.09. The predicted octanol–water partition coefficient (Wildman–Crippen LogP) is 2.99. The van der Waals surface area contributed by atoms with Gasteiger partial charge in [-0.15, -0.1) is 11.3 Å². The van der Waals surface area contributed by atoms with Crippen LogP contribution < -0.4 is 10.6 Å². The number of thiophene rings is 1. The van der Waals surface area contributed by atoms with Crippen molar-refractivity contribution >= 4 is 23.3 Å². The van der Waals surface area contributed by atoms with Crippen molar-refractivity contribution in [3.63, 3.8) is 0 Å². The van der Waals surface area contributed by atoms with Crippen LogP contribution in [0.15, 0.2) is 47.8 Å². The number of benzene rings is 1. The first-order valence-corrected chi connectivity index (χ1v) is 9.91. The van der Waals surface area contributed by atoms with Crippen LogP contribution in [0.3, 0.4) is 0 Å². The van der Waals surface area contributed by atoms with Crippen LogP contribution in [0, 0.1) is 11.3 Å². The molecule has 1 saturated heterocycles. The average molecular weight is 369 g/mol. The first kappa shape index (κ1) is 17.1. The van der Waals surface area contributed by atoms with Gasteiger partial charge in [-0.1, -0.05) is 36.4 Å². The molecule has 6 heteroatoms. The molecule has 2 unspecified atom stereocenters. The number of urea groups is 1. The van der Waals surface area contributed by atoms with Gasteiger partial charge in [0.25, 0.3) is 0 Å².